The van der Waals surface area contributed by atoms with Gasteiger partial charge in [0.2, 0.25) is 0 Å². The van der Waals surface area contributed by atoms with Crippen molar-refractivity contribution >= 4 is 11.3 Å². The molecule has 9 heavy (non-hydrogen) atoms. The first-order chi connectivity index (χ1) is 4.33. The zero-order chi connectivity index (χ0) is 6.69. The molecule has 0 bridgehead atoms. The fraction of sp³-hybridized carbons (Fsp3) is 0.375. The Morgan fingerprint density at radius 3 is 2.78 bits per heavy atom. The van der Waals surface area contributed by atoms with Gasteiger partial charge < -0.3 is 0 Å². The third kappa shape index (κ3) is 1.83. The van der Waals surface area contributed by atoms with Crippen LogP contribution in [0.15, 0.2) is 12.1 Å². The van der Waals surface area contributed by atoms with E-state index in [0.29, 0.717) is 0 Å². The molecule has 1 aromatic heterocycles. The third-order valence-corrected chi connectivity index (χ3v) is 2.21. The maximum atomic E-state index is 3.84. The molecule has 0 N–H and O–H groups in total. The average Bonchev–Trinajstić information content (AvgIpc) is 2.17. The number of hydrogen-bond acceptors (Lipinski definition) is 1. The lowest BCUT2D eigenvalue weighted by molar-refractivity contribution is 0.940. The molecule has 0 aliphatic rings. The van der Waals surface area contributed by atoms with Crippen LogP contribution in [-0.4, -0.2) is 0 Å². The Labute approximate surface area is 60.5 Å². The van der Waals surface area contributed by atoms with Crippen molar-refractivity contribution in [2.75, 3.05) is 0 Å². The van der Waals surface area contributed by atoms with Crippen LogP contribution in [0.3, 0.4) is 0 Å². The molecule has 1 radical (unpaired) electrons. The average molecular weight is 139 g/mol. The van der Waals surface area contributed by atoms with E-state index >= 15 is 0 Å². The van der Waals surface area contributed by atoms with Gasteiger partial charge in [-0.1, -0.05) is 13.3 Å². The lowest BCUT2D eigenvalue weighted by atomic mass is 10.3. The molecule has 1 heterocycles. The van der Waals surface area contributed by atoms with Gasteiger partial charge in [-0.2, -0.15) is 0 Å². The van der Waals surface area contributed by atoms with E-state index in [1.807, 2.05) is 0 Å². The van der Waals surface area contributed by atoms with E-state index in [0.717, 1.165) is 0 Å². The molecule has 0 unspecified atom stereocenters. The summed E-state index contributed by atoms with van der Waals surface area (Å²) < 4.78 is 0. The Morgan fingerprint density at radius 2 is 2.33 bits per heavy atom. The van der Waals surface area contributed by atoms with Gasteiger partial charge in [0.25, 0.3) is 0 Å². The lowest BCUT2D eigenvalue weighted by Gasteiger charge is -1.86. The highest BCUT2D eigenvalue weighted by atomic mass is 32.1. The first kappa shape index (κ1) is 6.81. The highest BCUT2D eigenvalue weighted by Crippen LogP contribution is 2.15. The minimum atomic E-state index is 1.18. The highest BCUT2D eigenvalue weighted by Gasteiger charge is 1.92. The number of hydrogen-bond donors (Lipinski definition) is 0. The summed E-state index contributed by atoms with van der Waals surface area (Å²) in [7, 11) is 0. The maximum absolute atomic E-state index is 3.84. The molecule has 0 aliphatic heterocycles. The first-order valence-corrected chi connectivity index (χ1v) is 4.05. The molecular formula is C8H11S. The minimum Gasteiger partial charge on any atom is -0.145 e. The number of aryl methyl sites for hydroxylation is 1. The fourth-order valence-corrected chi connectivity index (χ4v) is 1.72. The maximum Gasteiger partial charge on any atom is 0.00517 e. The highest BCUT2D eigenvalue weighted by molar-refractivity contribution is 7.12. The Hall–Kier alpha value is -0.300. The molecule has 0 saturated carbocycles. The molecule has 1 aromatic rings. The second-order valence-corrected chi connectivity index (χ2v) is 3.37. The van der Waals surface area contributed by atoms with Crippen LogP contribution in [-0.2, 0) is 6.42 Å². The summed E-state index contributed by atoms with van der Waals surface area (Å²) in [6, 6.07) is 4.24. The summed E-state index contributed by atoms with van der Waals surface area (Å²) in [5.74, 6) is 0. The Balaban J connectivity index is 2.61. The van der Waals surface area contributed by atoms with Crippen LogP contribution in [0.5, 0.6) is 0 Å². The number of thiophene rings is 1. The van der Waals surface area contributed by atoms with Crippen molar-refractivity contribution in [3.05, 3.63) is 28.8 Å². The molecule has 0 aromatic carbocycles. The van der Waals surface area contributed by atoms with Crippen LogP contribution in [0.25, 0.3) is 0 Å². The summed E-state index contributed by atoms with van der Waals surface area (Å²) >= 11 is 1.80. The van der Waals surface area contributed by atoms with Crippen molar-refractivity contribution < 1.29 is 0 Å². The van der Waals surface area contributed by atoms with Crippen molar-refractivity contribution in [1.29, 1.82) is 0 Å². The van der Waals surface area contributed by atoms with Crippen molar-refractivity contribution in [2.45, 2.75) is 19.8 Å². The van der Waals surface area contributed by atoms with Gasteiger partial charge in [0, 0.05) is 9.75 Å². The third-order valence-electron chi connectivity index (χ3n) is 1.21. The van der Waals surface area contributed by atoms with E-state index in [2.05, 4.69) is 26.0 Å². The second-order valence-electron chi connectivity index (χ2n) is 2.12. The largest absolute Gasteiger partial charge is 0.145 e. The normalized spacial score (nSPS) is 10.0. The molecule has 0 aliphatic carbocycles. The molecule has 0 saturated heterocycles. The molecule has 0 amide bonds. The Kier molecular flexibility index (Phi) is 2.29. The van der Waals surface area contributed by atoms with Crippen LogP contribution in [0.2, 0.25) is 0 Å². The molecule has 1 heteroatoms. The van der Waals surface area contributed by atoms with Crippen LogP contribution in [0, 0.1) is 6.92 Å². The van der Waals surface area contributed by atoms with Crippen molar-refractivity contribution in [3.63, 3.8) is 0 Å². The molecular weight excluding hydrogens is 128 g/mol. The van der Waals surface area contributed by atoms with E-state index < -0.39 is 0 Å². The van der Waals surface area contributed by atoms with Crippen LogP contribution in [0.4, 0.5) is 0 Å². The second kappa shape index (κ2) is 3.02. The molecule has 0 fully saturated rings. The van der Waals surface area contributed by atoms with E-state index in [1.165, 1.54) is 22.6 Å². The SMILES string of the molecule is [CH2]c1ccc(CCC)s1. The topological polar surface area (TPSA) is 0 Å². The van der Waals surface area contributed by atoms with Gasteiger partial charge in [0.05, 0.1) is 0 Å². The predicted molar refractivity (Wildman–Crippen MR) is 42.8 cm³/mol. The molecule has 0 spiro atoms. The van der Waals surface area contributed by atoms with Crippen LogP contribution in [0.1, 0.15) is 23.1 Å². The van der Waals surface area contributed by atoms with Crippen LogP contribution >= 0.6 is 11.3 Å². The zero-order valence-corrected chi connectivity index (χ0v) is 6.50. The fourth-order valence-electron chi connectivity index (χ4n) is 0.803. The van der Waals surface area contributed by atoms with E-state index in [-0.39, 0.29) is 0 Å². The number of rotatable bonds is 2. The van der Waals surface area contributed by atoms with Gasteiger partial charge in [-0.15, -0.1) is 11.3 Å². The molecule has 49 valence electrons. The van der Waals surface area contributed by atoms with Gasteiger partial charge in [-0.05, 0) is 25.5 Å². The standard InChI is InChI=1S/C8H11S/c1-3-4-8-6-5-7(2)9-8/h5-6H,2-4H2,1H3. The first-order valence-electron chi connectivity index (χ1n) is 3.23. The minimum absolute atomic E-state index is 1.18. The van der Waals surface area contributed by atoms with Gasteiger partial charge in [0.1, 0.15) is 0 Å². The van der Waals surface area contributed by atoms with Crippen LogP contribution < -0.4 is 0 Å². The molecule has 0 atom stereocenters. The van der Waals surface area contributed by atoms with Gasteiger partial charge >= 0.3 is 0 Å². The Morgan fingerprint density at radius 1 is 1.56 bits per heavy atom. The van der Waals surface area contributed by atoms with Crippen molar-refractivity contribution in [3.8, 4) is 0 Å². The predicted octanol–water partition coefficient (Wildman–Crippen LogP) is 2.88. The van der Waals surface area contributed by atoms with Gasteiger partial charge in [-0.3, -0.25) is 0 Å². The smallest absolute Gasteiger partial charge is 0.00517 e. The van der Waals surface area contributed by atoms with Gasteiger partial charge in [0.15, 0.2) is 0 Å². The van der Waals surface area contributed by atoms with E-state index in [1.54, 1.807) is 11.3 Å². The molecule has 1 rings (SSSR count). The zero-order valence-electron chi connectivity index (χ0n) is 5.68. The molecule has 0 nitrogen and oxygen atoms in total. The Bertz CT molecular complexity index is 176. The quantitative estimate of drug-likeness (QED) is 0.591. The summed E-state index contributed by atoms with van der Waals surface area (Å²) in [5, 5.41) is 0. The summed E-state index contributed by atoms with van der Waals surface area (Å²) in [5.41, 5.74) is 0. The summed E-state index contributed by atoms with van der Waals surface area (Å²) in [4.78, 5) is 2.64. The van der Waals surface area contributed by atoms with E-state index in [4.69, 9.17) is 0 Å². The van der Waals surface area contributed by atoms with Crippen molar-refractivity contribution in [2.24, 2.45) is 0 Å². The summed E-state index contributed by atoms with van der Waals surface area (Å²) in [6.45, 7) is 6.04. The van der Waals surface area contributed by atoms with Gasteiger partial charge in [-0.25, -0.2) is 0 Å². The summed E-state index contributed by atoms with van der Waals surface area (Å²) in [6.07, 6.45) is 2.44. The van der Waals surface area contributed by atoms with Crippen molar-refractivity contribution in [1.82, 2.24) is 0 Å². The lowest BCUT2D eigenvalue weighted by Crippen LogP contribution is -1.71. The monoisotopic (exact) mass is 139 g/mol. The van der Waals surface area contributed by atoms with E-state index in [9.17, 15) is 0 Å².